The number of nitrogens with one attached hydrogen (secondary N) is 5. The van der Waals surface area contributed by atoms with E-state index in [-0.39, 0.29) is 30.1 Å². The molecule has 2 atom stereocenters. The van der Waals surface area contributed by atoms with E-state index in [0.29, 0.717) is 11.7 Å². The number of amides is 4. The summed E-state index contributed by atoms with van der Waals surface area (Å²) in [7, 11) is 0. The van der Waals surface area contributed by atoms with Crippen LogP contribution in [-0.4, -0.2) is 28.1 Å². The van der Waals surface area contributed by atoms with Crippen molar-refractivity contribution in [3.05, 3.63) is 59.9 Å². The van der Waals surface area contributed by atoms with Gasteiger partial charge in [-0.1, -0.05) is 38.1 Å². The molecule has 0 radical (unpaired) electrons. The Morgan fingerprint density at radius 3 is 2.34 bits per heavy atom. The van der Waals surface area contributed by atoms with Gasteiger partial charge in [0, 0.05) is 11.7 Å². The van der Waals surface area contributed by atoms with Gasteiger partial charge in [-0.2, -0.15) is 0 Å². The largest absolute Gasteiger partial charge is 0.340 e. The summed E-state index contributed by atoms with van der Waals surface area (Å²) >= 11 is 0. The molecule has 4 amide bonds. The fourth-order valence-corrected chi connectivity index (χ4v) is 3.57. The van der Waals surface area contributed by atoms with Crippen LogP contribution in [0.2, 0.25) is 0 Å². The first-order chi connectivity index (χ1) is 15.4. The summed E-state index contributed by atoms with van der Waals surface area (Å²) in [6, 6.07) is 14.7. The van der Waals surface area contributed by atoms with Gasteiger partial charge in [-0.05, 0) is 55.5 Å². The van der Waals surface area contributed by atoms with E-state index in [2.05, 4.69) is 31.2 Å². The molecule has 1 fully saturated rings. The number of carbonyl (C=O) groups excluding carboxylic acids is 2. The summed E-state index contributed by atoms with van der Waals surface area (Å²) in [6.07, 6.45) is 2.09. The van der Waals surface area contributed by atoms with Crippen molar-refractivity contribution in [1.82, 2.24) is 25.9 Å². The van der Waals surface area contributed by atoms with Crippen LogP contribution in [-0.2, 0) is 0 Å². The highest BCUT2D eigenvalue weighted by Crippen LogP contribution is 2.23. The number of aromatic nitrogens is 2. The van der Waals surface area contributed by atoms with Gasteiger partial charge in [0.1, 0.15) is 5.82 Å². The average molecular weight is 435 g/mol. The predicted octanol–water partition coefficient (Wildman–Crippen LogP) is 4.60. The second-order valence-electron chi connectivity index (χ2n) is 8.70. The molecule has 0 aliphatic heterocycles. The molecule has 168 valence electrons. The third-order valence-electron chi connectivity index (χ3n) is 5.58. The van der Waals surface area contributed by atoms with E-state index in [1.54, 1.807) is 0 Å². The van der Waals surface area contributed by atoms with Crippen LogP contribution in [0.25, 0.3) is 11.0 Å². The summed E-state index contributed by atoms with van der Waals surface area (Å²) < 4.78 is 0. The normalized spacial score (nSPS) is 15.2. The molecule has 0 spiro atoms. The van der Waals surface area contributed by atoms with Crippen molar-refractivity contribution in [3.8, 4) is 0 Å². The number of anilines is 1. The number of rotatable bonds is 7. The summed E-state index contributed by atoms with van der Waals surface area (Å²) in [5, 5.41) is 11.8. The molecule has 0 bridgehead atoms. The first kappa shape index (κ1) is 21.7. The van der Waals surface area contributed by atoms with Crippen LogP contribution < -0.4 is 21.3 Å². The molecule has 1 heterocycles. The Balaban J connectivity index is 1.35. The fraction of sp³-hybridized carbons (Fsp3) is 0.375. The quantitative estimate of drug-likeness (QED) is 0.375. The number of H-pyrrole nitrogens is 1. The zero-order valence-electron chi connectivity index (χ0n) is 18.6. The van der Waals surface area contributed by atoms with Crippen LogP contribution in [0.3, 0.4) is 0 Å². The van der Waals surface area contributed by atoms with Gasteiger partial charge in [0.05, 0.1) is 23.1 Å². The van der Waals surface area contributed by atoms with Crippen LogP contribution in [0, 0.1) is 5.92 Å². The maximum Gasteiger partial charge on any atom is 0.319 e. The highest BCUT2D eigenvalue weighted by atomic mass is 16.2. The van der Waals surface area contributed by atoms with Gasteiger partial charge in [0.15, 0.2) is 0 Å². The van der Waals surface area contributed by atoms with E-state index in [1.807, 2.05) is 69.3 Å². The van der Waals surface area contributed by atoms with E-state index in [0.717, 1.165) is 35.3 Å². The number of para-hydroxylation sites is 2. The number of hydrogen-bond donors (Lipinski definition) is 5. The molecule has 1 aliphatic rings. The Kier molecular flexibility index (Phi) is 6.30. The lowest BCUT2D eigenvalue weighted by molar-refractivity contribution is 0.229. The molecule has 3 aromatic rings. The van der Waals surface area contributed by atoms with Gasteiger partial charge in [0.25, 0.3) is 0 Å². The molecule has 1 aliphatic carbocycles. The molecule has 8 nitrogen and oxygen atoms in total. The highest BCUT2D eigenvalue weighted by Gasteiger charge is 2.24. The Labute approximate surface area is 187 Å². The molecule has 5 N–H and O–H groups in total. The van der Waals surface area contributed by atoms with Crippen LogP contribution in [0.5, 0.6) is 0 Å². The molecule has 4 rings (SSSR count). The number of imidazole rings is 1. The monoisotopic (exact) mass is 434 g/mol. The zero-order chi connectivity index (χ0) is 22.7. The lowest BCUT2D eigenvalue weighted by Crippen LogP contribution is -2.41. The van der Waals surface area contributed by atoms with E-state index in [9.17, 15) is 9.59 Å². The second-order valence-corrected chi connectivity index (χ2v) is 8.70. The number of hydrogen-bond acceptors (Lipinski definition) is 3. The lowest BCUT2D eigenvalue weighted by Gasteiger charge is -2.22. The fourth-order valence-electron chi connectivity index (χ4n) is 3.57. The first-order valence-corrected chi connectivity index (χ1v) is 11.1. The van der Waals surface area contributed by atoms with Crippen LogP contribution in [0.1, 0.15) is 57.1 Å². The van der Waals surface area contributed by atoms with E-state index < -0.39 is 0 Å². The number of nitrogens with zero attached hydrogens (tertiary/aromatic N) is 1. The summed E-state index contributed by atoms with van der Waals surface area (Å²) in [5.41, 5.74) is 3.48. The van der Waals surface area contributed by atoms with Gasteiger partial charge >= 0.3 is 12.1 Å². The summed E-state index contributed by atoms with van der Waals surface area (Å²) in [4.78, 5) is 32.5. The number of carbonyl (C=O) groups is 2. The molecule has 1 saturated carbocycles. The van der Waals surface area contributed by atoms with Crippen LogP contribution >= 0.6 is 0 Å². The first-order valence-electron chi connectivity index (χ1n) is 11.1. The maximum atomic E-state index is 12.7. The Morgan fingerprint density at radius 1 is 0.969 bits per heavy atom. The van der Waals surface area contributed by atoms with Crippen LogP contribution in [0.4, 0.5) is 15.3 Å². The van der Waals surface area contributed by atoms with Crippen LogP contribution in [0.15, 0.2) is 48.5 Å². The molecule has 1 aromatic heterocycles. The Hall–Kier alpha value is -3.55. The molecule has 32 heavy (non-hydrogen) atoms. The van der Waals surface area contributed by atoms with Crippen molar-refractivity contribution < 1.29 is 9.59 Å². The number of aromatic amines is 1. The minimum absolute atomic E-state index is 0.156. The molecular formula is C24H30N6O2. The molecule has 2 unspecified atom stereocenters. The minimum Gasteiger partial charge on any atom is -0.340 e. The third-order valence-corrected chi connectivity index (χ3v) is 5.58. The Bertz CT molecular complexity index is 1050. The van der Waals surface area contributed by atoms with Crippen molar-refractivity contribution in [1.29, 1.82) is 0 Å². The van der Waals surface area contributed by atoms with Gasteiger partial charge in [-0.3, -0.25) is 0 Å². The smallest absolute Gasteiger partial charge is 0.319 e. The van der Waals surface area contributed by atoms with Gasteiger partial charge in [-0.25, -0.2) is 14.6 Å². The number of benzene rings is 2. The third kappa shape index (κ3) is 5.38. The number of urea groups is 2. The molecule has 0 saturated heterocycles. The molecule has 8 heteroatoms. The van der Waals surface area contributed by atoms with Crippen molar-refractivity contribution in [3.63, 3.8) is 0 Å². The van der Waals surface area contributed by atoms with E-state index in [4.69, 9.17) is 0 Å². The maximum absolute atomic E-state index is 12.7. The van der Waals surface area contributed by atoms with Crippen molar-refractivity contribution in [2.75, 3.05) is 5.32 Å². The summed E-state index contributed by atoms with van der Waals surface area (Å²) in [5.74, 6) is 0.896. The average Bonchev–Trinajstić information content (AvgIpc) is 3.46. The van der Waals surface area contributed by atoms with Gasteiger partial charge in [0.2, 0.25) is 0 Å². The van der Waals surface area contributed by atoms with Crippen molar-refractivity contribution in [2.45, 2.75) is 51.7 Å². The predicted molar refractivity (Wildman–Crippen MR) is 125 cm³/mol. The van der Waals surface area contributed by atoms with E-state index >= 15 is 0 Å². The topological polar surface area (TPSA) is 111 Å². The lowest BCUT2D eigenvalue weighted by atomic mass is 10.0. The van der Waals surface area contributed by atoms with Gasteiger partial charge < -0.3 is 26.3 Å². The summed E-state index contributed by atoms with van der Waals surface area (Å²) in [6.45, 7) is 6.02. The van der Waals surface area contributed by atoms with E-state index in [1.165, 1.54) is 0 Å². The van der Waals surface area contributed by atoms with Crippen molar-refractivity contribution >= 4 is 28.8 Å². The zero-order valence-corrected chi connectivity index (χ0v) is 18.6. The molecule has 2 aromatic carbocycles. The number of fused-ring (bicyclic) bond motifs is 1. The second kappa shape index (κ2) is 9.30. The minimum atomic E-state index is -0.261. The SMILES string of the molecule is CC(NC(=O)NC(c1nc2ccccc2[nH]1)C(C)C)c1ccc(NC(=O)NC2CC2)cc1. The molecular weight excluding hydrogens is 404 g/mol. The highest BCUT2D eigenvalue weighted by molar-refractivity contribution is 5.89. The van der Waals surface area contributed by atoms with Gasteiger partial charge in [-0.15, -0.1) is 0 Å². The van der Waals surface area contributed by atoms with Crippen molar-refractivity contribution in [2.24, 2.45) is 5.92 Å². The Morgan fingerprint density at radius 2 is 1.69 bits per heavy atom. The standard InChI is InChI=1S/C24H30N6O2/c1-14(2)21(22-28-19-6-4-5-7-20(19)29-22)30-23(31)25-15(3)16-8-10-17(11-9-16)26-24(32)27-18-12-13-18/h4-11,14-15,18,21H,12-13H2,1-3H3,(H,28,29)(H2,25,30,31)(H2,26,27,32).